The lowest BCUT2D eigenvalue weighted by molar-refractivity contribution is -0.665. The summed E-state index contributed by atoms with van der Waals surface area (Å²) in [7, 11) is 0. The van der Waals surface area contributed by atoms with Crippen LogP contribution in [-0.4, -0.2) is 13.1 Å². The van der Waals surface area contributed by atoms with Crippen molar-refractivity contribution in [1.82, 2.24) is 0 Å². The fourth-order valence-corrected chi connectivity index (χ4v) is 2.38. The van der Waals surface area contributed by atoms with Crippen LogP contribution >= 0.6 is 11.6 Å². The summed E-state index contributed by atoms with van der Waals surface area (Å²) >= 11 is 5.89. The zero-order chi connectivity index (χ0) is 10.0. The fraction of sp³-hybridized carbons (Fsp3) is 0.500. The van der Waals surface area contributed by atoms with Crippen molar-refractivity contribution >= 4 is 11.6 Å². The smallest absolute Gasteiger partial charge is 0.0763 e. The third kappa shape index (κ3) is 1.94. The van der Waals surface area contributed by atoms with E-state index in [-0.39, 0.29) is 0 Å². The maximum atomic E-state index is 5.89. The Labute approximate surface area is 90.5 Å². The van der Waals surface area contributed by atoms with Crippen molar-refractivity contribution in [3.8, 4) is 0 Å². The predicted octanol–water partition coefficient (Wildman–Crippen LogP) is 1.95. The molecule has 1 fully saturated rings. The molecule has 0 spiro atoms. The topological polar surface area (TPSA) is 16.6 Å². The molecule has 0 bridgehead atoms. The van der Waals surface area contributed by atoms with Gasteiger partial charge >= 0.3 is 0 Å². The van der Waals surface area contributed by atoms with Crippen molar-refractivity contribution in [3.05, 3.63) is 34.9 Å². The molecule has 0 atom stereocenters. The Morgan fingerprint density at radius 2 is 1.71 bits per heavy atom. The first-order chi connectivity index (χ1) is 6.71. The molecule has 0 aliphatic carbocycles. The van der Waals surface area contributed by atoms with Crippen molar-refractivity contribution < 1.29 is 5.32 Å². The Morgan fingerprint density at radius 3 is 2.29 bits per heavy atom. The van der Waals surface area contributed by atoms with Gasteiger partial charge in [0.25, 0.3) is 0 Å². The van der Waals surface area contributed by atoms with Crippen LogP contribution in [-0.2, 0) is 5.41 Å². The predicted molar refractivity (Wildman–Crippen MR) is 59.7 cm³/mol. The summed E-state index contributed by atoms with van der Waals surface area (Å²) in [5.74, 6) is 0. The maximum absolute atomic E-state index is 5.89. The van der Waals surface area contributed by atoms with E-state index in [0.717, 1.165) is 5.02 Å². The van der Waals surface area contributed by atoms with E-state index < -0.39 is 0 Å². The molecule has 2 rings (SSSR count). The minimum absolute atomic E-state index is 0.374. The van der Waals surface area contributed by atoms with E-state index in [9.17, 15) is 0 Å². The molecule has 1 aromatic carbocycles. The lowest BCUT2D eigenvalue weighted by atomic mass is 9.75. The summed E-state index contributed by atoms with van der Waals surface area (Å²) < 4.78 is 0. The van der Waals surface area contributed by atoms with Crippen LogP contribution in [0.3, 0.4) is 0 Å². The summed E-state index contributed by atoms with van der Waals surface area (Å²) in [5, 5.41) is 3.23. The van der Waals surface area contributed by atoms with Crippen LogP contribution in [0.5, 0.6) is 0 Å². The molecule has 0 aromatic heterocycles. The lowest BCUT2D eigenvalue weighted by Crippen LogP contribution is -2.87. The molecule has 1 aliphatic rings. The first kappa shape index (κ1) is 10.0. The monoisotopic (exact) mass is 210 g/mol. The molecule has 1 saturated heterocycles. The van der Waals surface area contributed by atoms with E-state index in [1.165, 1.54) is 31.5 Å². The van der Waals surface area contributed by atoms with Gasteiger partial charge in [-0.2, -0.15) is 0 Å². The number of rotatable bonds is 1. The van der Waals surface area contributed by atoms with E-state index in [0.29, 0.717) is 5.41 Å². The third-order valence-electron chi connectivity index (χ3n) is 3.34. The van der Waals surface area contributed by atoms with Gasteiger partial charge in [-0.1, -0.05) is 30.7 Å². The standard InChI is InChI=1S/C12H16ClN/c1-12(6-8-14-9-7-12)10-2-4-11(13)5-3-10/h2-5,14H,6-9H2,1H3/p+1. The van der Waals surface area contributed by atoms with Gasteiger partial charge in [0.15, 0.2) is 0 Å². The third-order valence-corrected chi connectivity index (χ3v) is 3.59. The Hall–Kier alpha value is -0.530. The second-order valence-electron chi connectivity index (χ2n) is 4.43. The van der Waals surface area contributed by atoms with Gasteiger partial charge in [-0.25, -0.2) is 0 Å². The van der Waals surface area contributed by atoms with Crippen LogP contribution in [0.2, 0.25) is 5.02 Å². The van der Waals surface area contributed by atoms with Crippen LogP contribution in [0.15, 0.2) is 24.3 Å². The Kier molecular flexibility index (Phi) is 2.80. The van der Waals surface area contributed by atoms with Gasteiger partial charge in [0, 0.05) is 23.3 Å². The molecule has 14 heavy (non-hydrogen) atoms. The van der Waals surface area contributed by atoms with Gasteiger partial charge < -0.3 is 5.32 Å². The first-order valence-corrected chi connectivity index (χ1v) is 5.66. The minimum Gasteiger partial charge on any atom is -0.346 e. The van der Waals surface area contributed by atoms with Crippen LogP contribution in [0, 0.1) is 0 Å². The number of piperidine rings is 1. The van der Waals surface area contributed by atoms with Crippen LogP contribution in [0.4, 0.5) is 0 Å². The molecule has 1 nitrogen and oxygen atoms in total. The van der Waals surface area contributed by atoms with Gasteiger partial charge in [0.2, 0.25) is 0 Å². The average molecular weight is 211 g/mol. The van der Waals surface area contributed by atoms with Gasteiger partial charge in [-0.05, 0) is 17.7 Å². The minimum atomic E-state index is 0.374. The highest BCUT2D eigenvalue weighted by atomic mass is 35.5. The summed E-state index contributed by atoms with van der Waals surface area (Å²) in [6, 6.07) is 8.35. The Bertz CT molecular complexity index is 299. The molecule has 76 valence electrons. The highest BCUT2D eigenvalue weighted by Gasteiger charge is 2.30. The van der Waals surface area contributed by atoms with Crippen molar-refractivity contribution in [1.29, 1.82) is 0 Å². The molecule has 1 aliphatic heterocycles. The van der Waals surface area contributed by atoms with E-state index in [1.807, 2.05) is 12.1 Å². The summed E-state index contributed by atoms with van der Waals surface area (Å²) in [4.78, 5) is 0. The summed E-state index contributed by atoms with van der Waals surface area (Å²) in [6.07, 6.45) is 2.54. The van der Waals surface area contributed by atoms with Gasteiger partial charge in [0.1, 0.15) is 0 Å². The number of nitrogens with two attached hydrogens (primary N) is 1. The normalized spacial score (nSPS) is 20.7. The van der Waals surface area contributed by atoms with E-state index in [2.05, 4.69) is 24.4 Å². The quantitative estimate of drug-likeness (QED) is 0.730. The molecule has 2 heteroatoms. The zero-order valence-corrected chi connectivity index (χ0v) is 9.35. The van der Waals surface area contributed by atoms with Crippen LogP contribution in [0.1, 0.15) is 25.3 Å². The first-order valence-electron chi connectivity index (χ1n) is 5.28. The molecule has 2 N–H and O–H groups in total. The van der Waals surface area contributed by atoms with Crippen molar-refractivity contribution in [2.45, 2.75) is 25.2 Å². The largest absolute Gasteiger partial charge is 0.346 e. The fourth-order valence-electron chi connectivity index (χ4n) is 2.25. The number of quaternary nitrogens is 1. The summed E-state index contributed by atoms with van der Waals surface area (Å²) in [6.45, 7) is 4.86. The zero-order valence-electron chi connectivity index (χ0n) is 8.59. The number of hydrogen-bond donors (Lipinski definition) is 1. The molecule has 1 heterocycles. The van der Waals surface area contributed by atoms with E-state index in [1.54, 1.807) is 0 Å². The van der Waals surface area contributed by atoms with E-state index >= 15 is 0 Å². The average Bonchev–Trinajstić information content (AvgIpc) is 2.19. The van der Waals surface area contributed by atoms with Gasteiger partial charge in [-0.3, -0.25) is 0 Å². The van der Waals surface area contributed by atoms with Gasteiger partial charge in [-0.15, -0.1) is 0 Å². The molecular weight excluding hydrogens is 194 g/mol. The van der Waals surface area contributed by atoms with Crippen molar-refractivity contribution in [2.75, 3.05) is 13.1 Å². The number of hydrogen-bond acceptors (Lipinski definition) is 0. The molecular formula is C12H17ClN+. The number of benzene rings is 1. The van der Waals surface area contributed by atoms with Crippen molar-refractivity contribution in [3.63, 3.8) is 0 Å². The number of halogens is 1. The molecule has 0 saturated carbocycles. The molecule has 0 amide bonds. The maximum Gasteiger partial charge on any atom is 0.0763 e. The molecule has 0 radical (unpaired) electrons. The van der Waals surface area contributed by atoms with E-state index in [4.69, 9.17) is 11.6 Å². The Morgan fingerprint density at radius 1 is 1.14 bits per heavy atom. The second kappa shape index (κ2) is 3.92. The lowest BCUT2D eigenvalue weighted by Gasteiger charge is -2.32. The highest BCUT2D eigenvalue weighted by molar-refractivity contribution is 6.30. The Balaban J connectivity index is 2.23. The molecule has 0 unspecified atom stereocenters. The summed E-state index contributed by atoms with van der Waals surface area (Å²) in [5.41, 5.74) is 1.81. The van der Waals surface area contributed by atoms with Crippen molar-refractivity contribution in [2.24, 2.45) is 0 Å². The highest BCUT2D eigenvalue weighted by Crippen LogP contribution is 2.31. The second-order valence-corrected chi connectivity index (χ2v) is 4.87. The molecule has 1 aromatic rings. The SMILES string of the molecule is CC1(c2ccc(Cl)cc2)CC[NH2+]CC1. The van der Waals surface area contributed by atoms with Gasteiger partial charge in [0.05, 0.1) is 13.1 Å². The van der Waals surface area contributed by atoms with Crippen LogP contribution in [0.25, 0.3) is 0 Å². The van der Waals surface area contributed by atoms with Crippen LogP contribution < -0.4 is 5.32 Å².